The van der Waals surface area contributed by atoms with Crippen molar-refractivity contribution < 1.29 is 9.90 Å². The molecule has 5 heteroatoms. The fourth-order valence-corrected chi connectivity index (χ4v) is 2.19. The van der Waals surface area contributed by atoms with Crippen LogP contribution in [0.1, 0.15) is 23.2 Å². The molecule has 0 atom stereocenters. The van der Waals surface area contributed by atoms with Crippen LogP contribution in [0.25, 0.3) is 10.9 Å². The molecule has 18 heavy (non-hydrogen) atoms. The van der Waals surface area contributed by atoms with E-state index >= 15 is 0 Å². The summed E-state index contributed by atoms with van der Waals surface area (Å²) in [5, 5.41) is 16.8. The number of hydrogen-bond acceptors (Lipinski definition) is 3. The number of aromatic nitrogens is 2. The Morgan fingerprint density at radius 3 is 3.06 bits per heavy atom. The van der Waals surface area contributed by atoms with Gasteiger partial charge in [-0.05, 0) is 31.0 Å². The first kappa shape index (κ1) is 11.2. The molecule has 1 amide bonds. The zero-order valence-electron chi connectivity index (χ0n) is 9.97. The summed E-state index contributed by atoms with van der Waals surface area (Å²) >= 11 is 0. The molecule has 1 heterocycles. The predicted octanol–water partition coefficient (Wildman–Crippen LogP) is 1.16. The Morgan fingerprint density at radius 2 is 2.33 bits per heavy atom. The minimum Gasteiger partial charge on any atom is -0.395 e. The third kappa shape index (κ3) is 1.97. The quantitative estimate of drug-likeness (QED) is 0.849. The van der Waals surface area contributed by atoms with Gasteiger partial charge in [-0.15, -0.1) is 0 Å². The van der Waals surface area contributed by atoms with Gasteiger partial charge in [-0.2, -0.15) is 5.10 Å². The Kier molecular flexibility index (Phi) is 2.76. The molecule has 0 bridgehead atoms. The first-order chi connectivity index (χ1) is 8.79. The second kappa shape index (κ2) is 4.42. The van der Waals surface area contributed by atoms with Crippen LogP contribution in [0, 0.1) is 0 Å². The molecule has 5 nitrogen and oxygen atoms in total. The fourth-order valence-electron chi connectivity index (χ4n) is 2.19. The summed E-state index contributed by atoms with van der Waals surface area (Å²) in [5.41, 5.74) is 1.58. The molecule has 1 aliphatic rings. The lowest BCUT2D eigenvalue weighted by Gasteiger charge is -2.21. The van der Waals surface area contributed by atoms with Crippen molar-refractivity contribution in [3.05, 3.63) is 30.0 Å². The molecule has 1 aromatic heterocycles. The maximum Gasteiger partial charge on any atom is 0.254 e. The van der Waals surface area contributed by atoms with Gasteiger partial charge in [0.25, 0.3) is 5.91 Å². The highest BCUT2D eigenvalue weighted by Gasteiger charge is 2.32. The van der Waals surface area contributed by atoms with Crippen molar-refractivity contribution in [2.45, 2.75) is 18.9 Å². The third-order valence-electron chi connectivity index (χ3n) is 3.28. The summed E-state index contributed by atoms with van der Waals surface area (Å²) in [6.07, 6.45) is 3.79. The SMILES string of the molecule is O=C(c1ccc2[nH]ncc2c1)N(CCO)C1CC1. The highest BCUT2D eigenvalue weighted by atomic mass is 16.3. The number of carbonyl (C=O) groups is 1. The standard InChI is InChI=1S/C13H15N3O2/c17-6-5-16(11-2-3-11)13(18)9-1-4-12-10(7-9)8-14-15-12/h1,4,7-8,11,17H,2-3,5-6H2,(H,14,15). The van der Waals surface area contributed by atoms with E-state index in [0.29, 0.717) is 18.2 Å². The summed E-state index contributed by atoms with van der Waals surface area (Å²) in [6, 6.07) is 5.81. The minimum absolute atomic E-state index is 0.00495. The van der Waals surface area contributed by atoms with E-state index in [0.717, 1.165) is 23.7 Å². The molecule has 94 valence electrons. The van der Waals surface area contributed by atoms with E-state index in [9.17, 15) is 4.79 Å². The summed E-state index contributed by atoms with van der Waals surface area (Å²) in [5.74, 6) is -0.00495. The number of carbonyl (C=O) groups excluding carboxylic acids is 1. The molecule has 0 radical (unpaired) electrons. The first-order valence-electron chi connectivity index (χ1n) is 6.14. The van der Waals surface area contributed by atoms with Crippen LogP contribution in [0.4, 0.5) is 0 Å². The maximum absolute atomic E-state index is 12.4. The first-order valence-corrected chi connectivity index (χ1v) is 6.14. The molecule has 0 saturated heterocycles. The van der Waals surface area contributed by atoms with E-state index in [-0.39, 0.29) is 12.5 Å². The number of H-pyrrole nitrogens is 1. The number of aromatic amines is 1. The molecule has 1 aliphatic carbocycles. The largest absolute Gasteiger partial charge is 0.395 e. The van der Waals surface area contributed by atoms with E-state index < -0.39 is 0 Å². The van der Waals surface area contributed by atoms with Gasteiger partial charge in [0.2, 0.25) is 0 Å². The second-order valence-electron chi connectivity index (χ2n) is 4.63. The number of aliphatic hydroxyl groups is 1. The second-order valence-corrected chi connectivity index (χ2v) is 4.63. The van der Waals surface area contributed by atoms with Crippen molar-refractivity contribution >= 4 is 16.8 Å². The van der Waals surface area contributed by atoms with Crippen molar-refractivity contribution in [2.24, 2.45) is 0 Å². The molecule has 1 saturated carbocycles. The number of aliphatic hydroxyl groups excluding tert-OH is 1. The predicted molar refractivity (Wildman–Crippen MR) is 67.2 cm³/mol. The lowest BCUT2D eigenvalue weighted by Crippen LogP contribution is -2.35. The van der Waals surface area contributed by atoms with Crippen molar-refractivity contribution in [2.75, 3.05) is 13.2 Å². The molecule has 1 aromatic carbocycles. The van der Waals surface area contributed by atoms with Crippen LogP contribution in [-0.2, 0) is 0 Å². The van der Waals surface area contributed by atoms with Crippen LogP contribution >= 0.6 is 0 Å². The van der Waals surface area contributed by atoms with Gasteiger partial charge in [0.1, 0.15) is 0 Å². The van der Waals surface area contributed by atoms with Crippen molar-refractivity contribution in [3.8, 4) is 0 Å². The number of rotatable bonds is 4. The van der Waals surface area contributed by atoms with Crippen molar-refractivity contribution in [1.82, 2.24) is 15.1 Å². The molecule has 2 aromatic rings. The number of hydrogen-bond donors (Lipinski definition) is 2. The molecule has 2 N–H and O–H groups in total. The topological polar surface area (TPSA) is 69.2 Å². The Balaban J connectivity index is 1.89. The Labute approximate surface area is 104 Å². The van der Waals surface area contributed by atoms with Crippen LogP contribution < -0.4 is 0 Å². The van der Waals surface area contributed by atoms with Gasteiger partial charge in [-0.1, -0.05) is 0 Å². The number of nitrogens with zero attached hydrogens (tertiary/aromatic N) is 2. The van der Waals surface area contributed by atoms with Crippen LogP contribution in [0.3, 0.4) is 0 Å². The molecule has 3 rings (SSSR count). The van der Waals surface area contributed by atoms with Gasteiger partial charge in [-0.3, -0.25) is 9.89 Å². The van der Waals surface area contributed by atoms with E-state index in [1.165, 1.54) is 0 Å². The highest BCUT2D eigenvalue weighted by Crippen LogP contribution is 2.28. The van der Waals surface area contributed by atoms with E-state index in [1.807, 2.05) is 12.1 Å². The maximum atomic E-state index is 12.4. The van der Waals surface area contributed by atoms with Crippen LogP contribution in [0.5, 0.6) is 0 Å². The van der Waals surface area contributed by atoms with Crippen LogP contribution in [0.15, 0.2) is 24.4 Å². The molecular formula is C13H15N3O2. The molecular weight excluding hydrogens is 230 g/mol. The number of benzene rings is 1. The lowest BCUT2D eigenvalue weighted by molar-refractivity contribution is 0.0708. The van der Waals surface area contributed by atoms with Gasteiger partial charge in [0.15, 0.2) is 0 Å². The molecule has 0 spiro atoms. The lowest BCUT2D eigenvalue weighted by atomic mass is 10.1. The van der Waals surface area contributed by atoms with Gasteiger partial charge < -0.3 is 10.0 Å². The van der Waals surface area contributed by atoms with Crippen molar-refractivity contribution in [3.63, 3.8) is 0 Å². The third-order valence-corrected chi connectivity index (χ3v) is 3.28. The van der Waals surface area contributed by atoms with Gasteiger partial charge in [0, 0.05) is 23.5 Å². The van der Waals surface area contributed by atoms with E-state index in [2.05, 4.69) is 10.2 Å². The summed E-state index contributed by atoms with van der Waals surface area (Å²) < 4.78 is 0. The molecule has 1 fully saturated rings. The highest BCUT2D eigenvalue weighted by molar-refractivity contribution is 5.98. The monoisotopic (exact) mass is 245 g/mol. The normalized spacial score (nSPS) is 14.9. The smallest absolute Gasteiger partial charge is 0.254 e. The summed E-state index contributed by atoms with van der Waals surface area (Å²) in [4.78, 5) is 14.1. The average molecular weight is 245 g/mol. The van der Waals surface area contributed by atoms with Gasteiger partial charge in [0.05, 0.1) is 18.3 Å². The van der Waals surface area contributed by atoms with E-state index in [1.54, 1.807) is 17.2 Å². The van der Waals surface area contributed by atoms with Crippen LogP contribution in [0.2, 0.25) is 0 Å². The zero-order valence-corrected chi connectivity index (χ0v) is 9.97. The fraction of sp³-hybridized carbons (Fsp3) is 0.385. The van der Waals surface area contributed by atoms with Gasteiger partial charge in [-0.25, -0.2) is 0 Å². The Hall–Kier alpha value is -1.88. The Bertz CT molecular complexity index is 574. The number of nitrogens with one attached hydrogen (secondary N) is 1. The number of amides is 1. The minimum atomic E-state index is -0.00495. The summed E-state index contributed by atoms with van der Waals surface area (Å²) in [6.45, 7) is 0.420. The van der Waals surface area contributed by atoms with Crippen molar-refractivity contribution in [1.29, 1.82) is 0 Å². The van der Waals surface area contributed by atoms with Crippen LogP contribution in [-0.4, -0.2) is 45.3 Å². The molecule has 0 aliphatic heterocycles. The van der Waals surface area contributed by atoms with E-state index in [4.69, 9.17) is 5.11 Å². The molecule has 0 unspecified atom stereocenters. The number of fused-ring (bicyclic) bond motifs is 1. The van der Waals surface area contributed by atoms with Gasteiger partial charge >= 0.3 is 0 Å². The average Bonchev–Trinajstić information content (AvgIpc) is 3.12. The summed E-state index contributed by atoms with van der Waals surface area (Å²) in [7, 11) is 0. The zero-order chi connectivity index (χ0) is 12.5. The Morgan fingerprint density at radius 1 is 1.50 bits per heavy atom.